The molecule has 0 rings (SSSR count). The Morgan fingerprint density at radius 3 is 0.879 bits per heavy atom. The molecule has 0 aromatic heterocycles. The molecule has 0 aliphatic carbocycles. The fraction of sp³-hybridized carbons (Fsp3) is 0.939. The second-order valence-electron chi connectivity index (χ2n) is 29.9. The van der Waals surface area contributed by atoms with E-state index in [1.54, 1.807) is 6.08 Å². The molecule has 3 atom stereocenters. The molecule has 0 bridgehead atoms. The number of aliphatic hydroxyl groups is 1. The van der Waals surface area contributed by atoms with Gasteiger partial charge in [0.05, 0.1) is 39.9 Å². The van der Waals surface area contributed by atoms with Crippen molar-refractivity contribution >= 4 is 13.7 Å². The molecule has 0 spiro atoms. The van der Waals surface area contributed by atoms with Gasteiger partial charge < -0.3 is 19.8 Å². The maximum absolute atomic E-state index is 13.1. The molecular formula is C82H164N2O6P+. The summed E-state index contributed by atoms with van der Waals surface area (Å²) in [6.45, 7) is 4.88. The number of phosphoric acid groups is 1. The van der Waals surface area contributed by atoms with Crippen LogP contribution in [0.3, 0.4) is 0 Å². The van der Waals surface area contributed by atoms with E-state index in [-0.39, 0.29) is 19.1 Å². The van der Waals surface area contributed by atoms with Crippen molar-refractivity contribution in [3.8, 4) is 0 Å². The van der Waals surface area contributed by atoms with Gasteiger partial charge in [-0.1, -0.05) is 430 Å². The lowest BCUT2D eigenvalue weighted by Gasteiger charge is -2.25. The lowest BCUT2D eigenvalue weighted by molar-refractivity contribution is -0.870. The molecule has 0 fully saturated rings. The normalized spacial score (nSPS) is 13.5. The number of carbonyl (C=O) groups is 1. The van der Waals surface area contributed by atoms with Gasteiger partial charge in [0.15, 0.2) is 0 Å². The summed E-state index contributed by atoms with van der Waals surface area (Å²) in [4.78, 5) is 23.5. The highest BCUT2D eigenvalue weighted by molar-refractivity contribution is 7.47. The Morgan fingerprint density at radius 1 is 0.363 bits per heavy atom. The molecule has 8 nitrogen and oxygen atoms in total. The number of carbonyl (C=O) groups excluding carboxylic acids is 1. The quantitative estimate of drug-likeness (QED) is 0.0243. The minimum atomic E-state index is -4.36. The first-order chi connectivity index (χ1) is 44.5. The van der Waals surface area contributed by atoms with Crippen molar-refractivity contribution < 1.29 is 32.9 Å². The Morgan fingerprint density at radius 2 is 0.604 bits per heavy atom. The minimum Gasteiger partial charge on any atom is -0.387 e. The standard InChI is InChI=1S/C82H163N2O6P/c1-6-8-10-12-14-16-18-20-22-24-26-28-30-32-34-36-38-40-41-42-43-44-46-48-50-52-54-56-58-60-62-64-66-68-70-72-74-76-82(86)83-80(79-90-91(87,88)89-78-77-84(3,4)5)81(85)75-73-71-69-67-65-63-61-59-57-55-53-51-49-47-45-39-37-35-33-31-29-27-25-23-21-19-17-15-13-11-9-7-2/h65,67,73,75,80-81,85H,6-64,66,68-72,74,76-79H2,1-5H3,(H-,83,86,87,88)/p+1/b67-65+,75-73+. The first-order valence-electron chi connectivity index (χ1n) is 41.2. The van der Waals surface area contributed by atoms with Gasteiger partial charge in [0.1, 0.15) is 13.2 Å². The van der Waals surface area contributed by atoms with Crippen molar-refractivity contribution in [1.82, 2.24) is 5.32 Å². The van der Waals surface area contributed by atoms with Gasteiger partial charge >= 0.3 is 7.82 Å². The van der Waals surface area contributed by atoms with Crippen LogP contribution in [-0.2, 0) is 18.4 Å². The molecule has 3 unspecified atom stereocenters. The van der Waals surface area contributed by atoms with E-state index in [0.29, 0.717) is 17.4 Å². The first-order valence-corrected chi connectivity index (χ1v) is 42.7. The Kier molecular flexibility index (Phi) is 72.4. The van der Waals surface area contributed by atoms with E-state index >= 15 is 0 Å². The van der Waals surface area contributed by atoms with Crippen molar-refractivity contribution in [2.24, 2.45) is 0 Å². The van der Waals surface area contributed by atoms with Crippen LogP contribution in [0.1, 0.15) is 444 Å². The van der Waals surface area contributed by atoms with Gasteiger partial charge in [-0.3, -0.25) is 13.8 Å². The van der Waals surface area contributed by atoms with Crippen molar-refractivity contribution in [2.75, 3.05) is 40.9 Å². The number of hydrogen-bond donors (Lipinski definition) is 3. The van der Waals surface area contributed by atoms with Crippen LogP contribution in [0.5, 0.6) is 0 Å². The summed E-state index contributed by atoms with van der Waals surface area (Å²) in [6, 6.07) is -0.863. The predicted octanol–water partition coefficient (Wildman–Crippen LogP) is 27.0. The molecule has 0 radical (unpaired) electrons. The number of phosphoric ester groups is 1. The fourth-order valence-electron chi connectivity index (χ4n) is 13.1. The number of likely N-dealkylation sites (N-methyl/N-ethyl adjacent to an activating group) is 1. The number of aliphatic hydroxyl groups excluding tert-OH is 1. The van der Waals surface area contributed by atoms with Crippen LogP contribution in [0.15, 0.2) is 24.3 Å². The Labute approximate surface area is 570 Å². The Hall–Kier alpha value is -1.02. The lowest BCUT2D eigenvalue weighted by atomic mass is 10.0. The zero-order valence-corrected chi connectivity index (χ0v) is 63.3. The highest BCUT2D eigenvalue weighted by atomic mass is 31.2. The molecular weight excluding hydrogens is 1140 g/mol. The molecule has 91 heavy (non-hydrogen) atoms. The highest BCUT2D eigenvalue weighted by Gasteiger charge is 2.28. The maximum atomic E-state index is 13.1. The van der Waals surface area contributed by atoms with Gasteiger partial charge in [-0.25, -0.2) is 4.57 Å². The summed E-state index contributed by atoms with van der Waals surface area (Å²) in [5, 5.41) is 14.0. The van der Waals surface area contributed by atoms with Crippen LogP contribution in [0.4, 0.5) is 0 Å². The number of allylic oxidation sites excluding steroid dienone is 3. The van der Waals surface area contributed by atoms with Crippen molar-refractivity contribution in [1.29, 1.82) is 0 Å². The smallest absolute Gasteiger partial charge is 0.387 e. The van der Waals surface area contributed by atoms with Crippen LogP contribution in [0, 0.1) is 0 Å². The number of unbranched alkanes of at least 4 members (excludes halogenated alkanes) is 63. The molecule has 9 heteroatoms. The molecule has 1 amide bonds. The van der Waals surface area contributed by atoms with Crippen molar-refractivity contribution in [2.45, 2.75) is 456 Å². The molecule has 0 heterocycles. The molecule has 0 saturated heterocycles. The summed E-state index contributed by atoms with van der Waals surface area (Å²) < 4.78 is 23.9. The van der Waals surface area contributed by atoms with Gasteiger partial charge in [0, 0.05) is 6.42 Å². The third-order valence-corrected chi connectivity index (χ3v) is 20.4. The zero-order valence-electron chi connectivity index (χ0n) is 62.4. The van der Waals surface area contributed by atoms with Gasteiger partial charge in [0.2, 0.25) is 5.91 Å². The van der Waals surface area contributed by atoms with E-state index < -0.39 is 20.0 Å². The lowest BCUT2D eigenvalue weighted by Crippen LogP contribution is -2.45. The zero-order chi connectivity index (χ0) is 66.2. The van der Waals surface area contributed by atoms with Gasteiger partial charge in [-0.05, 0) is 32.1 Å². The number of rotatable bonds is 78. The number of nitrogens with zero attached hydrogens (tertiary/aromatic N) is 1. The van der Waals surface area contributed by atoms with E-state index in [4.69, 9.17) is 9.05 Å². The summed E-state index contributed by atoms with van der Waals surface area (Å²) in [5.41, 5.74) is 0. The summed E-state index contributed by atoms with van der Waals surface area (Å²) in [7, 11) is 1.58. The molecule has 0 aliphatic heterocycles. The van der Waals surface area contributed by atoms with E-state index in [0.717, 1.165) is 38.5 Å². The molecule has 0 aromatic carbocycles. The third-order valence-electron chi connectivity index (χ3n) is 19.4. The molecule has 0 saturated carbocycles. The van der Waals surface area contributed by atoms with Gasteiger partial charge in [0.25, 0.3) is 0 Å². The third kappa shape index (κ3) is 76.2. The first kappa shape index (κ1) is 90.0. The van der Waals surface area contributed by atoms with Crippen LogP contribution < -0.4 is 5.32 Å². The van der Waals surface area contributed by atoms with E-state index in [9.17, 15) is 19.4 Å². The van der Waals surface area contributed by atoms with Crippen LogP contribution in [0.25, 0.3) is 0 Å². The van der Waals surface area contributed by atoms with E-state index in [1.165, 1.54) is 385 Å². The molecule has 0 aliphatic rings. The molecule has 3 N–H and O–H groups in total. The highest BCUT2D eigenvalue weighted by Crippen LogP contribution is 2.43. The number of hydrogen-bond acceptors (Lipinski definition) is 5. The van der Waals surface area contributed by atoms with E-state index in [1.807, 2.05) is 27.2 Å². The second kappa shape index (κ2) is 73.2. The summed E-state index contributed by atoms with van der Waals surface area (Å²) >= 11 is 0. The molecule has 0 aromatic rings. The maximum Gasteiger partial charge on any atom is 0.472 e. The molecule has 542 valence electrons. The largest absolute Gasteiger partial charge is 0.472 e. The topological polar surface area (TPSA) is 105 Å². The van der Waals surface area contributed by atoms with Crippen molar-refractivity contribution in [3.05, 3.63) is 24.3 Å². The summed E-state index contributed by atoms with van der Waals surface area (Å²) in [5.74, 6) is -0.176. The Balaban J connectivity index is 3.94. The van der Waals surface area contributed by atoms with Crippen molar-refractivity contribution in [3.63, 3.8) is 0 Å². The van der Waals surface area contributed by atoms with Crippen LogP contribution in [-0.4, -0.2) is 73.4 Å². The monoisotopic (exact) mass is 1300 g/mol. The summed E-state index contributed by atoms with van der Waals surface area (Å²) in [6.07, 6.45) is 98.3. The van der Waals surface area contributed by atoms with Crippen LogP contribution in [0.2, 0.25) is 0 Å². The fourth-order valence-corrected chi connectivity index (χ4v) is 13.8. The van der Waals surface area contributed by atoms with Crippen LogP contribution >= 0.6 is 7.82 Å². The Bertz CT molecular complexity index is 1530. The minimum absolute atomic E-state index is 0.0593. The van der Waals surface area contributed by atoms with Gasteiger partial charge in [-0.2, -0.15) is 0 Å². The number of nitrogens with one attached hydrogen (secondary N) is 1. The number of amides is 1. The van der Waals surface area contributed by atoms with Gasteiger partial charge in [-0.15, -0.1) is 0 Å². The average Bonchev–Trinajstić information content (AvgIpc) is 3.68. The SMILES string of the molecule is CCCCCCCCCCCCCCCCCCCCCCCCCCCC/C=C/CC/C=C/C(O)C(COP(=O)(O)OCC[N+](C)(C)C)NC(=O)CCCCCCCCCCCCCCCCCCCCCCCCCCCCCCCCCCCCCCC. The number of quaternary nitrogens is 1. The van der Waals surface area contributed by atoms with E-state index in [2.05, 4.69) is 31.3 Å². The second-order valence-corrected chi connectivity index (χ2v) is 31.3. The predicted molar refractivity (Wildman–Crippen MR) is 402 cm³/mol. The average molecular weight is 1310 g/mol.